The Morgan fingerprint density at radius 3 is 2.94 bits per heavy atom. The van der Waals surface area contributed by atoms with Gasteiger partial charge in [-0.3, -0.25) is 4.57 Å². The lowest BCUT2D eigenvalue weighted by Gasteiger charge is -2.29. The molecule has 1 aromatic rings. The van der Waals surface area contributed by atoms with Gasteiger partial charge in [-0.1, -0.05) is 11.8 Å². The molecule has 102 valence electrons. The first-order valence-corrected chi connectivity index (χ1v) is 7.19. The molecule has 0 bridgehead atoms. The molecule has 0 aliphatic carbocycles. The summed E-state index contributed by atoms with van der Waals surface area (Å²) in [5.41, 5.74) is 5.81. The van der Waals surface area contributed by atoms with E-state index in [0.717, 1.165) is 30.6 Å². The predicted molar refractivity (Wildman–Crippen MR) is 72.8 cm³/mol. The van der Waals surface area contributed by atoms with Gasteiger partial charge in [0.1, 0.15) is 0 Å². The molecule has 18 heavy (non-hydrogen) atoms. The minimum atomic E-state index is 0.257. The minimum absolute atomic E-state index is 0.257. The lowest BCUT2D eigenvalue weighted by molar-refractivity contribution is -0.00602. The second-order valence-electron chi connectivity index (χ2n) is 4.87. The number of nitrogens with zero attached hydrogens (tertiary/aromatic N) is 4. The standard InChI is InChI=1S/C11H21N5OS/c1-8(2)16-10(12)13-14-11(16)18-7-9-6-15(3)4-5-17-9/h8-9H,4-7H2,1-3H3,(H2,12,13). The van der Waals surface area contributed by atoms with Crippen molar-refractivity contribution in [2.24, 2.45) is 0 Å². The molecule has 1 unspecified atom stereocenters. The van der Waals surface area contributed by atoms with E-state index in [0.29, 0.717) is 5.95 Å². The van der Waals surface area contributed by atoms with Crippen LogP contribution in [0, 0.1) is 0 Å². The fourth-order valence-electron chi connectivity index (χ4n) is 2.01. The van der Waals surface area contributed by atoms with Crippen LogP contribution in [0.1, 0.15) is 19.9 Å². The molecular formula is C11H21N5OS. The van der Waals surface area contributed by atoms with Gasteiger partial charge < -0.3 is 15.4 Å². The van der Waals surface area contributed by atoms with E-state index in [1.54, 1.807) is 11.8 Å². The van der Waals surface area contributed by atoms with Crippen LogP contribution < -0.4 is 5.73 Å². The summed E-state index contributed by atoms with van der Waals surface area (Å²) in [6, 6.07) is 0.275. The van der Waals surface area contributed by atoms with Crippen LogP contribution in [0.4, 0.5) is 5.95 Å². The Kier molecular flexibility index (Phi) is 4.47. The van der Waals surface area contributed by atoms with Gasteiger partial charge in [-0.05, 0) is 20.9 Å². The number of nitrogen functional groups attached to an aromatic ring is 1. The van der Waals surface area contributed by atoms with Crippen molar-refractivity contribution < 1.29 is 4.74 Å². The molecule has 1 saturated heterocycles. The number of aromatic nitrogens is 3. The van der Waals surface area contributed by atoms with Crippen molar-refractivity contribution in [1.29, 1.82) is 0 Å². The number of thioether (sulfide) groups is 1. The van der Waals surface area contributed by atoms with Crippen LogP contribution in [-0.2, 0) is 4.74 Å². The number of rotatable bonds is 4. The van der Waals surface area contributed by atoms with Crippen LogP contribution in [0.15, 0.2) is 5.16 Å². The topological polar surface area (TPSA) is 69.2 Å². The second-order valence-corrected chi connectivity index (χ2v) is 5.86. The summed E-state index contributed by atoms with van der Waals surface area (Å²) in [5.74, 6) is 1.36. The van der Waals surface area contributed by atoms with E-state index in [4.69, 9.17) is 10.5 Å². The molecule has 0 amide bonds. The van der Waals surface area contributed by atoms with E-state index in [1.807, 2.05) is 4.57 Å². The molecule has 1 aromatic heterocycles. The summed E-state index contributed by atoms with van der Waals surface area (Å²) in [6.45, 7) is 6.94. The molecule has 7 heteroatoms. The molecule has 0 aromatic carbocycles. The third-order valence-electron chi connectivity index (χ3n) is 2.95. The number of morpholine rings is 1. The zero-order valence-electron chi connectivity index (χ0n) is 11.2. The Balaban J connectivity index is 1.93. The maximum Gasteiger partial charge on any atom is 0.222 e. The fraction of sp³-hybridized carbons (Fsp3) is 0.818. The van der Waals surface area contributed by atoms with Gasteiger partial charge >= 0.3 is 0 Å². The largest absolute Gasteiger partial charge is 0.375 e. The zero-order chi connectivity index (χ0) is 13.1. The van der Waals surface area contributed by atoms with Gasteiger partial charge in [-0.15, -0.1) is 10.2 Å². The van der Waals surface area contributed by atoms with Crippen LogP contribution in [0.2, 0.25) is 0 Å². The average molecular weight is 271 g/mol. The molecule has 0 radical (unpaired) electrons. The SMILES string of the molecule is CC(C)n1c(N)nnc1SCC1CN(C)CCO1. The predicted octanol–water partition coefficient (Wildman–Crippen LogP) is 0.864. The second kappa shape index (κ2) is 5.90. The van der Waals surface area contributed by atoms with Crippen molar-refractivity contribution in [3.05, 3.63) is 0 Å². The van der Waals surface area contributed by atoms with E-state index in [9.17, 15) is 0 Å². The smallest absolute Gasteiger partial charge is 0.222 e. The number of hydrogen-bond acceptors (Lipinski definition) is 6. The van der Waals surface area contributed by atoms with Gasteiger partial charge in [0.05, 0.1) is 12.7 Å². The summed E-state index contributed by atoms with van der Waals surface area (Å²) in [4.78, 5) is 2.29. The van der Waals surface area contributed by atoms with Crippen LogP contribution in [0.3, 0.4) is 0 Å². The van der Waals surface area contributed by atoms with Crippen molar-refractivity contribution in [3.8, 4) is 0 Å². The van der Waals surface area contributed by atoms with Crippen LogP contribution >= 0.6 is 11.8 Å². The molecule has 2 N–H and O–H groups in total. The van der Waals surface area contributed by atoms with Gasteiger partial charge in [0.15, 0.2) is 5.16 Å². The monoisotopic (exact) mass is 271 g/mol. The highest BCUT2D eigenvalue weighted by Crippen LogP contribution is 2.24. The molecule has 2 rings (SSSR count). The summed E-state index contributed by atoms with van der Waals surface area (Å²) in [6.07, 6.45) is 0.257. The van der Waals surface area contributed by atoms with E-state index in [-0.39, 0.29) is 12.1 Å². The third kappa shape index (κ3) is 3.15. The Bertz CT molecular complexity index is 395. The number of likely N-dealkylation sites (N-methyl/N-ethyl adjacent to an activating group) is 1. The lowest BCUT2D eigenvalue weighted by atomic mass is 10.3. The maximum absolute atomic E-state index is 5.81. The highest BCUT2D eigenvalue weighted by atomic mass is 32.2. The summed E-state index contributed by atoms with van der Waals surface area (Å²) in [7, 11) is 2.12. The van der Waals surface area contributed by atoms with Crippen molar-refractivity contribution in [2.45, 2.75) is 31.1 Å². The zero-order valence-corrected chi connectivity index (χ0v) is 12.0. The molecule has 2 heterocycles. The van der Waals surface area contributed by atoms with Crippen LogP contribution in [-0.4, -0.2) is 58.3 Å². The minimum Gasteiger partial charge on any atom is -0.375 e. The fourth-order valence-corrected chi connectivity index (χ4v) is 3.09. The summed E-state index contributed by atoms with van der Waals surface area (Å²) < 4.78 is 7.68. The maximum atomic E-state index is 5.81. The summed E-state index contributed by atoms with van der Waals surface area (Å²) in [5, 5.41) is 8.93. The average Bonchev–Trinajstić information content (AvgIpc) is 2.68. The first-order chi connectivity index (χ1) is 8.58. The normalized spacial score (nSPS) is 21.7. The lowest BCUT2D eigenvalue weighted by Crippen LogP contribution is -2.41. The summed E-state index contributed by atoms with van der Waals surface area (Å²) >= 11 is 1.66. The number of ether oxygens (including phenoxy) is 1. The van der Waals surface area contributed by atoms with E-state index in [1.165, 1.54) is 0 Å². The number of nitrogens with two attached hydrogens (primary N) is 1. The highest BCUT2D eigenvalue weighted by molar-refractivity contribution is 7.99. The number of hydrogen-bond donors (Lipinski definition) is 1. The third-order valence-corrected chi connectivity index (χ3v) is 4.02. The molecule has 0 spiro atoms. The Morgan fingerprint density at radius 2 is 2.28 bits per heavy atom. The van der Waals surface area contributed by atoms with Crippen molar-refractivity contribution in [1.82, 2.24) is 19.7 Å². The van der Waals surface area contributed by atoms with Gasteiger partial charge in [-0.2, -0.15) is 0 Å². The first kappa shape index (κ1) is 13.6. The van der Waals surface area contributed by atoms with E-state index < -0.39 is 0 Å². The Morgan fingerprint density at radius 1 is 1.50 bits per heavy atom. The van der Waals surface area contributed by atoms with Crippen molar-refractivity contribution in [2.75, 3.05) is 38.2 Å². The quantitative estimate of drug-likeness (QED) is 0.819. The first-order valence-electron chi connectivity index (χ1n) is 6.21. The molecule has 1 aliphatic heterocycles. The van der Waals surface area contributed by atoms with Crippen molar-refractivity contribution >= 4 is 17.7 Å². The molecular weight excluding hydrogens is 250 g/mol. The molecule has 1 aliphatic rings. The van der Waals surface area contributed by atoms with Gasteiger partial charge in [-0.25, -0.2) is 0 Å². The van der Waals surface area contributed by atoms with Gasteiger partial charge in [0.25, 0.3) is 0 Å². The highest BCUT2D eigenvalue weighted by Gasteiger charge is 2.20. The molecule has 0 saturated carbocycles. The van der Waals surface area contributed by atoms with Gasteiger partial charge in [0.2, 0.25) is 5.95 Å². The Hall–Kier alpha value is -0.790. The Labute approximate surface area is 112 Å². The van der Waals surface area contributed by atoms with E-state index >= 15 is 0 Å². The number of anilines is 1. The molecule has 1 atom stereocenters. The molecule has 6 nitrogen and oxygen atoms in total. The van der Waals surface area contributed by atoms with Crippen molar-refractivity contribution in [3.63, 3.8) is 0 Å². The van der Waals surface area contributed by atoms with Gasteiger partial charge in [0, 0.05) is 24.9 Å². The van der Waals surface area contributed by atoms with E-state index in [2.05, 4.69) is 36.0 Å². The van der Waals surface area contributed by atoms with Crippen LogP contribution in [0.25, 0.3) is 0 Å². The van der Waals surface area contributed by atoms with Crippen LogP contribution in [0.5, 0.6) is 0 Å². The molecule has 1 fully saturated rings.